The van der Waals surface area contributed by atoms with Crippen LogP contribution in [0.15, 0.2) is 59.1 Å². The average molecular weight is 462 g/mol. The van der Waals surface area contributed by atoms with Gasteiger partial charge >= 0.3 is 0 Å². The van der Waals surface area contributed by atoms with Crippen molar-refractivity contribution in [1.29, 1.82) is 5.26 Å². The van der Waals surface area contributed by atoms with Gasteiger partial charge in [0.1, 0.15) is 11.6 Å². The Morgan fingerprint density at radius 1 is 0.971 bits per heavy atom. The van der Waals surface area contributed by atoms with Crippen LogP contribution in [0.4, 0.5) is 5.69 Å². The van der Waals surface area contributed by atoms with Crippen LogP contribution in [0.2, 0.25) is 0 Å². The minimum atomic E-state index is -0.643. The highest BCUT2D eigenvalue weighted by Crippen LogP contribution is 2.49. The third kappa shape index (κ3) is 3.69. The van der Waals surface area contributed by atoms with Crippen LogP contribution in [0.3, 0.4) is 0 Å². The number of nitrogens with two attached hydrogens (primary N) is 1. The Morgan fingerprint density at radius 3 is 2.15 bits per heavy atom. The van der Waals surface area contributed by atoms with Gasteiger partial charge in [0, 0.05) is 23.4 Å². The first kappa shape index (κ1) is 23.1. The lowest BCUT2D eigenvalue weighted by Crippen LogP contribution is -2.38. The van der Waals surface area contributed by atoms with Crippen LogP contribution in [0.25, 0.3) is 0 Å². The first-order chi connectivity index (χ1) is 16.5. The van der Waals surface area contributed by atoms with Crippen molar-refractivity contribution in [1.82, 2.24) is 0 Å². The van der Waals surface area contributed by atoms with Crippen molar-refractivity contribution in [3.8, 4) is 29.1 Å². The van der Waals surface area contributed by atoms with E-state index in [1.165, 1.54) is 21.3 Å². The van der Waals surface area contributed by atoms with Gasteiger partial charge in [-0.05, 0) is 54.8 Å². The molecule has 0 fully saturated rings. The van der Waals surface area contributed by atoms with E-state index >= 15 is 0 Å². The molecule has 0 radical (unpaired) electrons. The maximum absolute atomic E-state index is 13.3. The molecule has 2 aromatic carbocycles. The van der Waals surface area contributed by atoms with E-state index in [0.717, 1.165) is 11.4 Å². The normalized spacial score (nSPS) is 17.8. The van der Waals surface area contributed by atoms with Crippen LogP contribution < -0.4 is 29.6 Å². The van der Waals surface area contributed by atoms with Crippen molar-refractivity contribution in [3.05, 3.63) is 64.6 Å². The van der Waals surface area contributed by atoms with E-state index in [1.807, 2.05) is 29.2 Å². The maximum atomic E-state index is 13.3. The van der Waals surface area contributed by atoms with Gasteiger partial charge in [-0.1, -0.05) is 0 Å². The van der Waals surface area contributed by atoms with Crippen LogP contribution in [0.5, 0.6) is 23.0 Å². The number of nitriles is 1. The molecule has 0 spiro atoms. The molecule has 1 heterocycles. The summed E-state index contributed by atoms with van der Waals surface area (Å²) in [5.41, 5.74) is 9.73. The van der Waals surface area contributed by atoms with E-state index in [1.54, 1.807) is 19.2 Å². The van der Waals surface area contributed by atoms with Crippen molar-refractivity contribution in [3.63, 3.8) is 0 Å². The van der Waals surface area contributed by atoms with Gasteiger partial charge in [0.2, 0.25) is 5.75 Å². The van der Waals surface area contributed by atoms with Gasteiger partial charge in [0.05, 0.1) is 46.0 Å². The number of methoxy groups -OCH3 is 4. The summed E-state index contributed by atoms with van der Waals surface area (Å²) in [5.74, 6) is 1.66. The summed E-state index contributed by atoms with van der Waals surface area (Å²) in [6.45, 7) is 0. The number of hydrogen-bond donors (Lipinski definition) is 1. The molecular weight excluding hydrogens is 434 g/mol. The lowest BCUT2D eigenvalue weighted by Gasteiger charge is -2.39. The Morgan fingerprint density at radius 2 is 1.62 bits per heavy atom. The van der Waals surface area contributed by atoms with Gasteiger partial charge < -0.3 is 24.7 Å². The molecule has 0 amide bonds. The fourth-order valence-electron chi connectivity index (χ4n) is 4.71. The van der Waals surface area contributed by atoms with Crippen LogP contribution in [-0.4, -0.2) is 34.2 Å². The smallest absolute Gasteiger partial charge is 0.203 e. The molecule has 1 unspecified atom stereocenters. The zero-order valence-electron chi connectivity index (χ0n) is 19.7. The average Bonchev–Trinajstić information content (AvgIpc) is 2.87. The fourth-order valence-corrected chi connectivity index (χ4v) is 4.71. The number of nitrogens with zero attached hydrogens (tertiary/aromatic N) is 2. The van der Waals surface area contributed by atoms with Crippen LogP contribution in [-0.2, 0) is 4.79 Å². The number of Topliss-reactive ketones (excluding diaryl/α,β-unsaturated/α-hetero) is 1. The summed E-state index contributed by atoms with van der Waals surface area (Å²) in [7, 11) is 6.18. The SMILES string of the molecule is COc1ccc(N2C(N)=C(C#N)C(c3cc(OC)c(OC)c(OC)c3)C3=C2CCCC3=O)cc1. The Labute approximate surface area is 198 Å². The summed E-state index contributed by atoms with van der Waals surface area (Å²) in [6.07, 6.45) is 1.78. The molecular formula is C26H27N3O5. The zero-order chi connectivity index (χ0) is 24.4. The molecule has 1 aliphatic carbocycles. The second-order valence-electron chi connectivity index (χ2n) is 7.97. The number of allylic oxidation sites excluding steroid dienone is 3. The second-order valence-corrected chi connectivity index (χ2v) is 7.97. The highest BCUT2D eigenvalue weighted by atomic mass is 16.5. The Bertz CT molecular complexity index is 1200. The molecule has 0 saturated carbocycles. The van der Waals surface area contributed by atoms with Crippen molar-refractivity contribution in [2.75, 3.05) is 33.3 Å². The van der Waals surface area contributed by atoms with Crippen molar-refractivity contribution in [2.24, 2.45) is 5.73 Å². The molecule has 0 bridgehead atoms. The van der Waals surface area contributed by atoms with E-state index in [0.29, 0.717) is 64.8 Å². The lowest BCUT2D eigenvalue weighted by molar-refractivity contribution is -0.116. The van der Waals surface area contributed by atoms with Crippen LogP contribution in [0, 0.1) is 11.3 Å². The quantitative estimate of drug-likeness (QED) is 0.687. The maximum Gasteiger partial charge on any atom is 0.203 e. The number of anilines is 1. The second kappa shape index (κ2) is 9.40. The van der Waals surface area contributed by atoms with E-state index in [9.17, 15) is 10.1 Å². The molecule has 0 aromatic heterocycles. The Balaban J connectivity index is 1.96. The third-order valence-corrected chi connectivity index (χ3v) is 6.26. The molecule has 1 atom stereocenters. The molecule has 8 nitrogen and oxygen atoms in total. The Hall–Kier alpha value is -4.12. The van der Waals surface area contributed by atoms with E-state index < -0.39 is 5.92 Å². The molecule has 2 N–H and O–H groups in total. The number of carbonyl (C=O) groups excluding carboxylic acids is 1. The molecule has 2 aliphatic rings. The van der Waals surface area contributed by atoms with Gasteiger partial charge in [-0.2, -0.15) is 5.26 Å². The largest absolute Gasteiger partial charge is 0.497 e. The lowest BCUT2D eigenvalue weighted by atomic mass is 9.75. The summed E-state index contributed by atoms with van der Waals surface area (Å²) < 4.78 is 21.8. The zero-order valence-corrected chi connectivity index (χ0v) is 19.7. The summed E-state index contributed by atoms with van der Waals surface area (Å²) in [5, 5.41) is 10.2. The van der Waals surface area contributed by atoms with E-state index in [4.69, 9.17) is 24.7 Å². The number of hydrogen-bond acceptors (Lipinski definition) is 8. The fraction of sp³-hybridized carbons (Fsp3) is 0.308. The van der Waals surface area contributed by atoms with Gasteiger partial charge in [0.15, 0.2) is 17.3 Å². The first-order valence-electron chi connectivity index (χ1n) is 10.9. The topological polar surface area (TPSA) is 107 Å². The standard InChI is InChI=1S/C26H27N3O5/c1-31-17-10-8-16(9-11-17)29-19-6-5-7-20(30)24(19)23(18(14-27)26(29)28)15-12-21(32-2)25(34-4)22(13-15)33-3/h8-13,23H,5-7,28H2,1-4H3. The summed E-state index contributed by atoms with van der Waals surface area (Å²) >= 11 is 0. The van der Waals surface area contributed by atoms with Gasteiger partial charge in [-0.25, -0.2) is 0 Å². The van der Waals surface area contributed by atoms with E-state index in [2.05, 4.69) is 6.07 Å². The number of benzene rings is 2. The molecule has 176 valence electrons. The summed E-state index contributed by atoms with van der Waals surface area (Å²) in [6, 6.07) is 13.2. The van der Waals surface area contributed by atoms with Gasteiger partial charge in [0.25, 0.3) is 0 Å². The minimum absolute atomic E-state index is 0.00114. The number of carbonyl (C=O) groups is 1. The molecule has 2 aromatic rings. The van der Waals surface area contributed by atoms with E-state index in [-0.39, 0.29) is 5.78 Å². The number of rotatable bonds is 6. The van der Waals surface area contributed by atoms with Crippen molar-refractivity contribution in [2.45, 2.75) is 25.2 Å². The van der Waals surface area contributed by atoms with Crippen molar-refractivity contribution >= 4 is 11.5 Å². The minimum Gasteiger partial charge on any atom is -0.497 e. The first-order valence-corrected chi connectivity index (χ1v) is 10.9. The molecule has 34 heavy (non-hydrogen) atoms. The highest BCUT2D eigenvalue weighted by molar-refractivity contribution is 6.01. The van der Waals surface area contributed by atoms with Gasteiger partial charge in [-0.3, -0.25) is 9.69 Å². The highest BCUT2D eigenvalue weighted by Gasteiger charge is 2.41. The van der Waals surface area contributed by atoms with Crippen LogP contribution in [0.1, 0.15) is 30.7 Å². The predicted molar refractivity (Wildman–Crippen MR) is 127 cm³/mol. The summed E-state index contributed by atoms with van der Waals surface area (Å²) in [4.78, 5) is 15.1. The molecule has 8 heteroatoms. The third-order valence-electron chi connectivity index (χ3n) is 6.26. The Kier molecular flexibility index (Phi) is 6.37. The van der Waals surface area contributed by atoms with Crippen molar-refractivity contribution < 1.29 is 23.7 Å². The number of ether oxygens (including phenoxy) is 4. The molecule has 4 rings (SSSR count). The van der Waals surface area contributed by atoms with Crippen LogP contribution >= 0.6 is 0 Å². The predicted octanol–water partition coefficient (Wildman–Crippen LogP) is 4.03. The molecule has 1 aliphatic heterocycles. The molecule has 0 saturated heterocycles. The monoisotopic (exact) mass is 461 g/mol. The van der Waals surface area contributed by atoms with Gasteiger partial charge in [-0.15, -0.1) is 0 Å². The number of ketones is 1.